The summed E-state index contributed by atoms with van der Waals surface area (Å²) in [5, 5.41) is 2.88. The van der Waals surface area contributed by atoms with Crippen LogP contribution in [0.1, 0.15) is 35.2 Å². The molecule has 4 nitrogen and oxygen atoms in total. The highest BCUT2D eigenvalue weighted by Gasteiger charge is 2.21. The number of anilines is 1. The van der Waals surface area contributed by atoms with Gasteiger partial charge in [-0.3, -0.25) is 9.59 Å². The van der Waals surface area contributed by atoms with Gasteiger partial charge in [-0.25, -0.2) is 4.39 Å². The molecule has 2 aromatic rings. The molecule has 0 unspecified atom stereocenters. The van der Waals surface area contributed by atoms with Gasteiger partial charge in [0.2, 0.25) is 5.91 Å². The maximum absolute atomic E-state index is 12.8. The van der Waals surface area contributed by atoms with E-state index in [2.05, 4.69) is 5.32 Å². The van der Waals surface area contributed by atoms with E-state index in [0.717, 1.165) is 37.1 Å². The Bertz CT molecular complexity index is 741. The monoisotopic (exact) mass is 340 g/mol. The van der Waals surface area contributed by atoms with Crippen LogP contribution in [0.5, 0.6) is 0 Å². The summed E-state index contributed by atoms with van der Waals surface area (Å²) in [5.41, 5.74) is 2.47. The van der Waals surface area contributed by atoms with Gasteiger partial charge in [0.1, 0.15) is 5.82 Å². The van der Waals surface area contributed by atoms with Gasteiger partial charge in [0.15, 0.2) is 0 Å². The maximum Gasteiger partial charge on any atom is 0.251 e. The van der Waals surface area contributed by atoms with Crippen molar-refractivity contribution in [3.63, 3.8) is 0 Å². The summed E-state index contributed by atoms with van der Waals surface area (Å²) in [5.74, 6) is -0.229. The Balaban J connectivity index is 1.46. The first-order valence-electron chi connectivity index (χ1n) is 8.56. The largest absolute Gasteiger partial charge is 0.352 e. The van der Waals surface area contributed by atoms with Gasteiger partial charge in [-0.05, 0) is 61.2 Å². The third-order valence-electron chi connectivity index (χ3n) is 4.36. The fourth-order valence-corrected chi connectivity index (χ4v) is 2.96. The normalized spacial score (nSPS) is 14.0. The average Bonchev–Trinajstić information content (AvgIpc) is 3.06. The standard InChI is InChI=1S/C20H21FN2O2/c21-17-9-5-15(6-10-17)3-1-13-22-20(25)16-7-11-18(12-8-16)23-14-2-4-19(23)24/h5-12H,1-4,13-14H2,(H,22,25). The van der Waals surface area contributed by atoms with E-state index in [0.29, 0.717) is 18.5 Å². The zero-order chi connectivity index (χ0) is 17.6. The van der Waals surface area contributed by atoms with Crippen molar-refractivity contribution in [3.8, 4) is 0 Å². The number of hydrogen-bond donors (Lipinski definition) is 1. The first-order chi connectivity index (χ1) is 12.1. The molecular formula is C20H21FN2O2. The molecule has 2 aromatic carbocycles. The number of hydrogen-bond acceptors (Lipinski definition) is 2. The fourth-order valence-electron chi connectivity index (χ4n) is 2.96. The summed E-state index contributed by atoms with van der Waals surface area (Å²) in [7, 11) is 0. The van der Waals surface area contributed by atoms with Crippen molar-refractivity contribution in [2.24, 2.45) is 0 Å². The topological polar surface area (TPSA) is 49.4 Å². The number of carbonyl (C=O) groups excluding carboxylic acids is 2. The van der Waals surface area contributed by atoms with E-state index in [-0.39, 0.29) is 17.6 Å². The molecule has 2 amide bonds. The third-order valence-corrected chi connectivity index (χ3v) is 4.36. The van der Waals surface area contributed by atoms with Crippen LogP contribution in [0.15, 0.2) is 48.5 Å². The van der Waals surface area contributed by atoms with E-state index in [9.17, 15) is 14.0 Å². The van der Waals surface area contributed by atoms with Gasteiger partial charge >= 0.3 is 0 Å². The molecule has 0 spiro atoms. The number of aryl methyl sites for hydroxylation is 1. The molecule has 0 saturated carbocycles. The fraction of sp³-hybridized carbons (Fsp3) is 0.300. The van der Waals surface area contributed by atoms with Crippen LogP contribution in [0.4, 0.5) is 10.1 Å². The minimum absolute atomic E-state index is 0.126. The first kappa shape index (κ1) is 17.1. The molecule has 0 radical (unpaired) electrons. The van der Waals surface area contributed by atoms with Gasteiger partial charge in [-0.2, -0.15) is 0 Å². The van der Waals surface area contributed by atoms with Crippen molar-refractivity contribution in [2.45, 2.75) is 25.7 Å². The summed E-state index contributed by atoms with van der Waals surface area (Å²) in [6, 6.07) is 13.5. The van der Waals surface area contributed by atoms with Crippen LogP contribution in [0.3, 0.4) is 0 Å². The van der Waals surface area contributed by atoms with Crippen LogP contribution in [-0.2, 0) is 11.2 Å². The molecule has 5 heteroatoms. The van der Waals surface area contributed by atoms with Gasteiger partial charge in [0.05, 0.1) is 0 Å². The third kappa shape index (κ3) is 4.44. The van der Waals surface area contributed by atoms with Crippen molar-refractivity contribution in [1.82, 2.24) is 5.32 Å². The number of halogens is 1. The molecule has 0 bridgehead atoms. The van der Waals surface area contributed by atoms with Crippen molar-refractivity contribution in [3.05, 3.63) is 65.5 Å². The molecule has 0 atom stereocenters. The molecular weight excluding hydrogens is 319 g/mol. The van der Waals surface area contributed by atoms with Crippen LogP contribution in [0.25, 0.3) is 0 Å². The Morgan fingerprint density at radius 3 is 2.44 bits per heavy atom. The molecule has 0 aromatic heterocycles. The van der Waals surface area contributed by atoms with E-state index in [1.165, 1.54) is 12.1 Å². The van der Waals surface area contributed by atoms with Crippen molar-refractivity contribution in [1.29, 1.82) is 0 Å². The zero-order valence-corrected chi connectivity index (χ0v) is 14.0. The molecule has 1 aliphatic heterocycles. The lowest BCUT2D eigenvalue weighted by Crippen LogP contribution is -2.25. The van der Waals surface area contributed by atoms with Crippen molar-refractivity contribution in [2.75, 3.05) is 18.0 Å². The molecule has 25 heavy (non-hydrogen) atoms. The number of amides is 2. The Morgan fingerprint density at radius 2 is 1.80 bits per heavy atom. The Morgan fingerprint density at radius 1 is 1.08 bits per heavy atom. The van der Waals surface area contributed by atoms with E-state index >= 15 is 0 Å². The lowest BCUT2D eigenvalue weighted by Gasteiger charge is -2.15. The van der Waals surface area contributed by atoms with Crippen LogP contribution < -0.4 is 10.2 Å². The average molecular weight is 340 g/mol. The minimum Gasteiger partial charge on any atom is -0.352 e. The number of rotatable bonds is 6. The SMILES string of the molecule is O=C(NCCCc1ccc(F)cc1)c1ccc(N2CCCC2=O)cc1. The summed E-state index contributed by atoms with van der Waals surface area (Å²) in [6.07, 6.45) is 3.06. The number of benzene rings is 2. The number of carbonyl (C=O) groups is 2. The van der Waals surface area contributed by atoms with E-state index in [1.54, 1.807) is 29.2 Å². The lowest BCUT2D eigenvalue weighted by atomic mass is 10.1. The predicted octanol–water partition coefficient (Wildman–Crippen LogP) is 3.32. The van der Waals surface area contributed by atoms with Crippen molar-refractivity contribution < 1.29 is 14.0 Å². The van der Waals surface area contributed by atoms with E-state index < -0.39 is 0 Å². The van der Waals surface area contributed by atoms with E-state index in [4.69, 9.17) is 0 Å². The molecule has 1 fully saturated rings. The lowest BCUT2D eigenvalue weighted by molar-refractivity contribution is -0.117. The second kappa shape index (κ2) is 7.92. The Kier molecular flexibility index (Phi) is 5.43. The molecule has 130 valence electrons. The van der Waals surface area contributed by atoms with Crippen LogP contribution in [0, 0.1) is 5.82 Å². The first-order valence-corrected chi connectivity index (χ1v) is 8.56. The Labute approximate surface area is 146 Å². The second-order valence-corrected chi connectivity index (χ2v) is 6.18. The van der Waals surface area contributed by atoms with Gasteiger partial charge in [0.25, 0.3) is 5.91 Å². The molecule has 1 saturated heterocycles. The molecule has 1 N–H and O–H groups in total. The summed E-state index contributed by atoms with van der Waals surface area (Å²) in [4.78, 5) is 25.6. The smallest absolute Gasteiger partial charge is 0.251 e. The highest BCUT2D eigenvalue weighted by molar-refractivity contribution is 5.97. The highest BCUT2D eigenvalue weighted by Crippen LogP contribution is 2.21. The minimum atomic E-state index is -0.240. The number of nitrogens with zero attached hydrogens (tertiary/aromatic N) is 1. The predicted molar refractivity (Wildman–Crippen MR) is 95.1 cm³/mol. The van der Waals surface area contributed by atoms with Gasteiger partial charge in [-0.1, -0.05) is 12.1 Å². The second-order valence-electron chi connectivity index (χ2n) is 6.18. The van der Waals surface area contributed by atoms with Gasteiger partial charge in [0, 0.05) is 30.8 Å². The summed E-state index contributed by atoms with van der Waals surface area (Å²) >= 11 is 0. The van der Waals surface area contributed by atoms with Crippen LogP contribution in [-0.4, -0.2) is 24.9 Å². The quantitative estimate of drug-likeness (QED) is 0.820. The van der Waals surface area contributed by atoms with Crippen molar-refractivity contribution >= 4 is 17.5 Å². The molecule has 1 aliphatic rings. The molecule has 0 aliphatic carbocycles. The Hall–Kier alpha value is -2.69. The summed E-state index contributed by atoms with van der Waals surface area (Å²) < 4.78 is 12.8. The zero-order valence-electron chi connectivity index (χ0n) is 14.0. The maximum atomic E-state index is 12.8. The highest BCUT2D eigenvalue weighted by atomic mass is 19.1. The van der Waals surface area contributed by atoms with Gasteiger partial charge in [-0.15, -0.1) is 0 Å². The summed E-state index contributed by atoms with van der Waals surface area (Å²) in [6.45, 7) is 1.30. The van der Waals surface area contributed by atoms with Gasteiger partial charge < -0.3 is 10.2 Å². The van der Waals surface area contributed by atoms with Crippen LogP contribution in [0.2, 0.25) is 0 Å². The molecule has 3 rings (SSSR count). The number of nitrogens with one attached hydrogen (secondary N) is 1. The molecule has 1 heterocycles. The van der Waals surface area contributed by atoms with E-state index in [1.807, 2.05) is 12.1 Å². The van der Waals surface area contributed by atoms with Crippen LogP contribution >= 0.6 is 0 Å².